The van der Waals surface area contributed by atoms with Crippen LogP contribution < -0.4 is 10.3 Å². The number of hydrogen-bond donors (Lipinski definition) is 2. The summed E-state index contributed by atoms with van der Waals surface area (Å²) in [5, 5.41) is 24.5. The Labute approximate surface area is 159 Å². The second kappa shape index (κ2) is 6.91. The number of benzene rings is 2. The largest absolute Gasteiger partial charge is 0.372 e. The number of fused-ring (bicyclic) bond motifs is 3. The van der Waals surface area contributed by atoms with Crippen LogP contribution in [0, 0.1) is 10.1 Å². The highest BCUT2D eigenvalue weighted by atomic mass is 16.6. The zero-order chi connectivity index (χ0) is 19.7. The van der Waals surface area contributed by atoms with Gasteiger partial charge in [-0.15, -0.1) is 10.2 Å². The monoisotopic (exact) mass is 376 g/mol. The van der Waals surface area contributed by atoms with Crippen molar-refractivity contribution in [3.05, 3.63) is 58.1 Å². The Kier molecular flexibility index (Phi) is 4.28. The van der Waals surface area contributed by atoms with Crippen molar-refractivity contribution in [1.29, 1.82) is 0 Å². The van der Waals surface area contributed by atoms with E-state index in [4.69, 9.17) is 0 Å². The summed E-state index contributed by atoms with van der Waals surface area (Å²) in [5.41, 5.74) is 6.00. The first kappa shape index (κ1) is 17.3. The Morgan fingerprint density at radius 3 is 2.82 bits per heavy atom. The molecule has 0 fully saturated rings. The average Bonchev–Trinajstić information content (AvgIpc) is 3.05. The van der Waals surface area contributed by atoms with Crippen molar-refractivity contribution in [2.24, 2.45) is 5.10 Å². The molecule has 2 N–H and O–H groups in total. The van der Waals surface area contributed by atoms with Crippen molar-refractivity contribution in [3.63, 3.8) is 0 Å². The number of para-hydroxylation sites is 1. The predicted molar refractivity (Wildman–Crippen MR) is 108 cm³/mol. The molecule has 4 rings (SSSR count). The molecule has 0 saturated carbocycles. The number of rotatable bonds is 5. The van der Waals surface area contributed by atoms with E-state index in [1.54, 1.807) is 31.1 Å². The Bertz CT molecular complexity index is 1210. The topological polar surface area (TPSA) is 125 Å². The fraction of sp³-hybridized carbons (Fsp3) is 0.111. The summed E-state index contributed by atoms with van der Waals surface area (Å²) in [5.74, 6) is 0.217. The van der Waals surface area contributed by atoms with Gasteiger partial charge in [-0.1, -0.05) is 24.3 Å². The summed E-state index contributed by atoms with van der Waals surface area (Å²) >= 11 is 0. The van der Waals surface area contributed by atoms with Crippen LogP contribution in [0.5, 0.6) is 0 Å². The molecule has 2 aromatic carbocycles. The predicted octanol–water partition coefficient (Wildman–Crippen LogP) is 2.93. The number of nitrogens with one attached hydrogen (secondary N) is 2. The highest BCUT2D eigenvalue weighted by molar-refractivity contribution is 6.03. The summed E-state index contributed by atoms with van der Waals surface area (Å²) in [6.45, 7) is 0. The van der Waals surface area contributed by atoms with Crippen molar-refractivity contribution in [1.82, 2.24) is 20.2 Å². The average molecular weight is 376 g/mol. The number of nitro benzene ring substituents is 1. The van der Waals surface area contributed by atoms with Gasteiger partial charge >= 0.3 is 0 Å². The maximum absolute atomic E-state index is 11.3. The summed E-state index contributed by atoms with van der Waals surface area (Å²) in [6, 6.07) is 12.6. The van der Waals surface area contributed by atoms with Crippen LogP contribution in [-0.2, 0) is 0 Å². The molecular weight excluding hydrogens is 360 g/mol. The Balaban J connectivity index is 1.57. The number of aromatic amines is 1. The van der Waals surface area contributed by atoms with Crippen molar-refractivity contribution >= 4 is 45.6 Å². The normalized spacial score (nSPS) is 11.4. The molecule has 0 unspecified atom stereocenters. The Morgan fingerprint density at radius 1 is 1.21 bits per heavy atom. The molecule has 10 nitrogen and oxygen atoms in total. The highest BCUT2D eigenvalue weighted by Crippen LogP contribution is 2.27. The highest BCUT2D eigenvalue weighted by Gasteiger charge is 2.15. The Hall–Kier alpha value is -4.08. The quantitative estimate of drug-likeness (QED) is 0.311. The molecule has 0 aliphatic heterocycles. The number of nitrogens with zero attached hydrogens (tertiary/aromatic N) is 6. The summed E-state index contributed by atoms with van der Waals surface area (Å²) in [7, 11) is 3.50. The lowest BCUT2D eigenvalue weighted by Gasteiger charge is -2.12. The van der Waals surface area contributed by atoms with Crippen LogP contribution in [-0.4, -0.2) is 45.4 Å². The summed E-state index contributed by atoms with van der Waals surface area (Å²) in [4.78, 5) is 20.1. The molecule has 0 saturated heterocycles. The van der Waals surface area contributed by atoms with Crippen molar-refractivity contribution < 1.29 is 4.92 Å². The third-order valence-electron chi connectivity index (χ3n) is 4.18. The zero-order valence-corrected chi connectivity index (χ0v) is 15.1. The first-order valence-corrected chi connectivity index (χ1v) is 8.39. The molecule has 10 heteroatoms. The van der Waals surface area contributed by atoms with E-state index in [0.29, 0.717) is 22.4 Å². The lowest BCUT2D eigenvalue weighted by atomic mass is 10.2. The molecule has 0 atom stereocenters. The molecule has 140 valence electrons. The minimum absolute atomic E-state index is 0.00589. The van der Waals surface area contributed by atoms with Crippen LogP contribution in [0.3, 0.4) is 0 Å². The van der Waals surface area contributed by atoms with Crippen molar-refractivity contribution in [2.45, 2.75) is 0 Å². The van der Waals surface area contributed by atoms with Gasteiger partial charge in [0.05, 0.1) is 11.1 Å². The summed E-state index contributed by atoms with van der Waals surface area (Å²) < 4.78 is 0. The van der Waals surface area contributed by atoms with Crippen LogP contribution in [0.15, 0.2) is 47.6 Å². The van der Waals surface area contributed by atoms with Gasteiger partial charge in [0.25, 0.3) is 11.6 Å². The zero-order valence-electron chi connectivity index (χ0n) is 15.1. The fourth-order valence-electron chi connectivity index (χ4n) is 2.88. The van der Waals surface area contributed by atoms with E-state index in [2.05, 4.69) is 30.7 Å². The van der Waals surface area contributed by atoms with Crippen molar-refractivity contribution in [3.8, 4) is 0 Å². The van der Waals surface area contributed by atoms with E-state index in [9.17, 15) is 10.1 Å². The maximum Gasteiger partial charge on any atom is 0.293 e. The first-order chi connectivity index (χ1) is 13.5. The van der Waals surface area contributed by atoms with Crippen molar-refractivity contribution in [2.75, 3.05) is 24.4 Å². The molecule has 4 aromatic rings. The van der Waals surface area contributed by atoms with E-state index >= 15 is 0 Å². The molecule has 2 heterocycles. The lowest BCUT2D eigenvalue weighted by molar-refractivity contribution is -0.384. The van der Waals surface area contributed by atoms with Crippen LogP contribution in [0.25, 0.3) is 22.1 Å². The van der Waals surface area contributed by atoms with E-state index < -0.39 is 4.92 Å². The van der Waals surface area contributed by atoms with E-state index in [0.717, 1.165) is 10.9 Å². The molecule has 0 bridgehead atoms. The van der Waals surface area contributed by atoms with Gasteiger partial charge in [-0.2, -0.15) is 10.1 Å². The van der Waals surface area contributed by atoms with Gasteiger partial charge in [-0.3, -0.25) is 10.1 Å². The van der Waals surface area contributed by atoms with E-state index in [-0.39, 0.29) is 11.6 Å². The van der Waals surface area contributed by atoms with Crippen LogP contribution >= 0.6 is 0 Å². The minimum Gasteiger partial charge on any atom is -0.372 e. The minimum atomic E-state index is -0.420. The van der Waals surface area contributed by atoms with Crippen LogP contribution in [0.1, 0.15) is 5.56 Å². The van der Waals surface area contributed by atoms with Gasteiger partial charge in [0.15, 0.2) is 5.65 Å². The fourth-order valence-corrected chi connectivity index (χ4v) is 2.88. The number of nitro groups is 1. The summed E-state index contributed by atoms with van der Waals surface area (Å²) in [6.07, 6.45) is 1.46. The number of hydrazone groups is 1. The molecule has 0 amide bonds. The second-order valence-corrected chi connectivity index (χ2v) is 6.27. The van der Waals surface area contributed by atoms with Crippen LogP contribution in [0.2, 0.25) is 0 Å². The van der Waals surface area contributed by atoms with Gasteiger partial charge in [0.2, 0.25) is 0 Å². The first-order valence-electron chi connectivity index (χ1n) is 8.39. The van der Waals surface area contributed by atoms with Crippen LogP contribution in [0.4, 0.5) is 17.3 Å². The van der Waals surface area contributed by atoms with Gasteiger partial charge in [0, 0.05) is 36.6 Å². The molecule has 0 aliphatic rings. The molecule has 0 aliphatic carbocycles. The molecule has 28 heavy (non-hydrogen) atoms. The van der Waals surface area contributed by atoms with Gasteiger partial charge in [-0.05, 0) is 12.1 Å². The molecule has 0 radical (unpaired) electrons. The number of anilines is 2. The number of hydrogen-bond acceptors (Lipinski definition) is 8. The lowest BCUT2D eigenvalue weighted by Crippen LogP contribution is -2.11. The smallest absolute Gasteiger partial charge is 0.293 e. The van der Waals surface area contributed by atoms with Gasteiger partial charge in [-0.25, -0.2) is 5.43 Å². The molecule has 2 aromatic heterocycles. The SMILES string of the molecule is CN(C)c1ccc(/C=N/Nc2nnc3c(n2)[nH]c2ccccc23)cc1[N+](=O)[O-]. The third-order valence-corrected chi connectivity index (χ3v) is 4.18. The van der Waals surface area contributed by atoms with E-state index in [1.165, 1.54) is 12.3 Å². The second-order valence-electron chi connectivity index (χ2n) is 6.27. The van der Waals surface area contributed by atoms with Gasteiger partial charge in [0.1, 0.15) is 11.2 Å². The third kappa shape index (κ3) is 3.18. The van der Waals surface area contributed by atoms with Gasteiger partial charge < -0.3 is 9.88 Å². The maximum atomic E-state index is 11.3. The number of aromatic nitrogens is 4. The molecule has 0 spiro atoms. The Morgan fingerprint density at radius 2 is 2.04 bits per heavy atom. The number of H-pyrrole nitrogens is 1. The standard InChI is InChI=1S/C18H16N8O2/c1-25(2)14-8-7-11(9-15(14)26(27)28)10-19-23-18-21-17-16(22-24-18)12-5-3-4-6-13(12)20-17/h3-10H,1-2H3,(H2,20,21,23,24)/b19-10+. The van der Waals surface area contributed by atoms with E-state index in [1.807, 2.05) is 24.3 Å². The molecular formula is C18H16N8O2.